The van der Waals surface area contributed by atoms with Crippen molar-refractivity contribution >= 4 is 51.3 Å². The molecular formula is C17H15BrCl2N2O4. The van der Waals surface area contributed by atoms with E-state index in [1.165, 1.54) is 19.4 Å². The number of methoxy groups -OCH3 is 2. The second kappa shape index (κ2) is 9.66. The van der Waals surface area contributed by atoms with E-state index < -0.39 is 5.91 Å². The number of nitrogens with zero attached hydrogens (tertiary/aromatic N) is 1. The molecule has 0 aliphatic heterocycles. The molecule has 1 N–H and O–H groups in total. The quantitative estimate of drug-likeness (QED) is 0.493. The molecule has 0 spiro atoms. The average molecular weight is 462 g/mol. The van der Waals surface area contributed by atoms with E-state index in [0.717, 1.165) is 0 Å². The van der Waals surface area contributed by atoms with Crippen molar-refractivity contribution < 1.29 is 19.0 Å². The lowest BCUT2D eigenvalue weighted by Gasteiger charge is -2.10. The molecule has 6 nitrogen and oxygen atoms in total. The maximum absolute atomic E-state index is 11.8. The van der Waals surface area contributed by atoms with Gasteiger partial charge in [-0.1, -0.05) is 23.2 Å². The summed E-state index contributed by atoms with van der Waals surface area (Å²) in [6.45, 7) is -0.242. The van der Waals surface area contributed by atoms with Crippen LogP contribution in [-0.4, -0.2) is 32.9 Å². The van der Waals surface area contributed by atoms with Gasteiger partial charge in [-0.2, -0.15) is 5.10 Å². The van der Waals surface area contributed by atoms with Gasteiger partial charge >= 0.3 is 0 Å². The summed E-state index contributed by atoms with van der Waals surface area (Å²) in [6.07, 6.45) is 1.47. The van der Waals surface area contributed by atoms with E-state index >= 15 is 0 Å². The lowest BCUT2D eigenvalue weighted by molar-refractivity contribution is -0.123. The fourth-order valence-electron chi connectivity index (χ4n) is 1.96. The Morgan fingerprint density at radius 1 is 1.19 bits per heavy atom. The Kier molecular flexibility index (Phi) is 7.56. The zero-order valence-electron chi connectivity index (χ0n) is 13.9. The number of halogens is 3. The minimum atomic E-state index is -0.438. The van der Waals surface area contributed by atoms with E-state index in [1.54, 1.807) is 31.4 Å². The molecule has 0 atom stereocenters. The van der Waals surface area contributed by atoms with Crippen molar-refractivity contribution in [3.05, 3.63) is 50.4 Å². The number of amides is 1. The zero-order valence-corrected chi connectivity index (χ0v) is 17.0. The Hall–Kier alpha value is -1.96. The van der Waals surface area contributed by atoms with Crippen LogP contribution in [0.3, 0.4) is 0 Å². The highest BCUT2D eigenvalue weighted by Gasteiger charge is 2.10. The molecule has 138 valence electrons. The summed E-state index contributed by atoms with van der Waals surface area (Å²) >= 11 is 15.2. The minimum absolute atomic E-state index is 0.242. The molecule has 2 aromatic carbocycles. The maximum atomic E-state index is 11.8. The van der Waals surface area contributed by atoms with Crippen LogP contribution in [0.15, 0.2) is 39.9 Å². The van der Waals surface area contributed by atoms with Gasteiger partial charge in [0, 0.05) is 5.02 Å². The molecule has 0 aliphatic rings. The molecule has 0 radical (unpaired) electrons. The number of hydrazone groups is 1. The first kappa shape index (κ1) is 20.4. The number of carbonyl (C=O) groups is 1. The van der Waals surface area contributed by atoms with Crippen LogP contribution in [0.25, 0.3) is 0 Å². The van der Waals surface area contributed by atoms with E-state index in [9.17, 15) is 4.79 Å². The molecule has 0 aromatic heterocycles. The van der Waals surface area contributed by atoms with Crippen molar-refractivity contribution in [3.63, 3.8) is 0 Å². The first-order valence-corrected chi connectivity index (χ1v) is 8.80. The van der Waals surface area contributed by atoms with Crippen molar-refractivity contribution in [3.8, 4) is 17.2 Å². The fraction of sp³-hybridized carbons (Fsp3) is 0.176. The summed E-state index contributed by atoms with van der Waals surface area (Å²) in [5, 5.41) is 4.69. The Morgan fingerprint density at radius 2 is 1.96 bits per heavy atom. The van der Waals surface area contributed by atoms with Gasteiger partial charge in [0.05, 0.1) is 29.9 Å². The highest BCUT2D eigenvalue weighted by Crippen LogP contribution is 2.35. The van der Waals surface area contributed by atoms with E-state index in [0.29, 0.717) is 37.3 Å². The SMILES string of the molecule is COc1cc(C=NNC(=O)COc2ccc(Cl)cc2Cl)cc(Br)c1OC. The third-order valence-corrected chi connectivity index (χ3v) is 4.23. The van der Waals surface area contributed by atoms with Crippen molar-refractivity contribution in [1.29, 1.82) is 0 Å². The Labute approximate surface area is 169 Å². The van der Waals surface area contributed by atoms with Crippen molar-refractivity contribution in [2.24, 2.45) is 5.10 Å². The molecule has 0 aliphatic carbocycles. The average Bonchev–Trinajstić information content (AvgIpc) is 2.60. The summed E-state index contributed by atoms with van der Waals surface area (Å²) in [7, 11) is 3.08. The predicted octanol–water partition coefficient (Wildman–Crippen LogP) is 4.30. The minimum Gasteiger partial charge on any atom is -0.493 e. The number of benzene rings is 2. The molecule has 0 fully saturated rings. The highest BCUT2D eigenvalue weighted by atomic mass is 79.9. The molecular weight excluding hydrogens is 447 g/mol. The van der Waals surface area contributed by atoms with E-state index in [-0.39, 0.29) is 6.61 Å². The molecule has 0 saturated heterocycles. The lowest BCUT2D eigenvalue weighted by atomic mass is 10.2. The topological polar surface area (TPSA) is 69.2 Å². The van der Waals surface area contributed by atoms with Crippen LogP contribution < -0.4 is 19.6 Å². The van der Waals surface area contributed by atoms with Gasteiger partial charge in [0.1, 0.15) is 5.75 Å². The summed E-state index contributed by atoms with van der Waals surface area (Å²) in [4.78, 5) is 11.8. The Balaban J connectivity index is 1.93. The van der Waals surface area contributed by atoms with Crippen molar-refractivity contribution in [2.45, 2.75) is 0 Å². The van der Waals surface area contributed by atoms with Gasteiger partial charge in [0.15, 0.2) is 18.1 Å². The first-order valence-electron chi connectivity index (χ1n) is 7.26. The van der Waals surface area contributed by atoms with Gasteiger partial charge in [-0.05, 0) is 51.8 Å². The Morgan fingerprint density at radius 3 is 2.62 bits per heavy atom. The lowest BCUT2D eigenvalue weighted by Crippen LogP contribution is -2.24. The molecule has 0 unspecified atom stereocenters. The highest BCUT2D eigenvalue weighted by molar-refractivity contribution is 9.10. The van der Waals surface area contributed by atoms with Gasteiger partial charge in [0.2, 0.25) is 0 Å². The third-order valence-electron chi connectivity index (χ3n) is 3.11. The number of ether oxygens (including phenoxy) is 3. The van der Waals surface area contributed by atoms with E-state index in [4.69, 9.17) is 37.4 Å². The normalized spacial score (nSPS) is 10.7. The summed E-state index contributed by atoms with van der Waals surface area (Å²) in [6, 6.07) is 8.24. The predicted molar refractivity (Wildman–Crippen MR) is 105 cm³/mol. The van der Waals surface area contributed by atoms with Crippen LogP contribution in [0.1, 0.15) is 5.56 Å². The molecule has 26 heavy (non-hydrogen) atoms. The molecule has 2 aromatic rings. The number of hydrogen-bond acceptors (Lipinski definition) is 5. The molecule has 0 saturated carbocycles. The van der Waals surface area contributed by atoms with Crippen molar-refractivity contribution in [2.75, 3.05) is 20.8 Å². The molecule has 9 heteroatoms. The van der Waals surface area contributed by atoms with Crippen LogP contribution in [0, 0.1) is 0 Å². The monoisotopic (exact) mass is 460 g/mol. The van der Waals surface area contributed by atoms with Crippen LogP contribution in [0.2, 0.25) is 10.0 Å². The Bertz CT molecular complexity index is 831. The number of carbonyl (C=O) groups excluding carboxylic acids is 1. The maximum Gasteiger partial charge on any atom is 0.277 e. The largest absolute Gasteiger partial charge is 0.493 e. The standard InChI is InChI=1S/C17H15BrCl2N2O4/c1-24-15-6-10(5-12(18)17(15)25-2)8-21-22-16(23)9-26-14-4-3-11(19)7-13(14)20/h3-8H,9H2,1-2H3,(H,22,23). The van der Waals surface area contributed by atoms with Crippen LogP contribution in [0.5, 0.6) is 17.2 Å². The molecule has 2 rings (SSSR count). The van der Waals surface area contributed by atoms with Crippen LogP contribution in [0.4, 0.5) is 0 Å². The smallest absolute Gasteiger partial charge is 0.277 e. The van der Waals surface area contributed by atoms with Gasteiger partial charge in [-0.3, -0.25) is 4.79 Å². The summed E-state index contributed by atoms with van der Waals surface area (Å²) < 4.78 is 16.5. The fourth-order valence-corrected chi connectivity index (χ4v) is 3.04. The van der Waals surface area contributed by atoms with Crippen molar-refractivity contribution in [1.82, 2.24) is 5.43 Å². The summed E-state index contributed by atoms with van der Waals surface area (Å²) in [5.41, 5.74) is 3.07. The van der Waals surface area contributed by atoms with Crippen LogP contribution in [-0.2, 0) is 4.79 Å². The number of hydrogen-bond donors (Lipinski definition) is 1. The van der Waals surface area contributed by atoms with Gasteiger partial charge in [-0.25, -0.2) is 5.43 Å². The van der Waals surface area contributed by atoms with Gasteiger partial charge in [0.25, 0.3) is 5.91 Å². The molecule has 1 amide bonds. The van der Waals surface area contributed by atoms with E-state index in [2.05, 4.69) is 26.5 Å². The summed E-state index contributed by atoms with van der Waals surface area (Å²) in [5.74, 6) is 1.03. The third kappa shape index (κ3) is 5.52. The molecule has 0 bridgehead atoms. The second-order valence-electron chi connectivity index (χ2n) is 4.89. The van der Waals surface area contributed by atoms with Crippen LogP contribution >= 0.6 is 39.1 Å². The van der Waals surface area contributed by atoms with Gasteiger partial charge in [-0.15, -0.1) is 0 Å². The second-order valence-corrected chi connectivity index (χ2v) is 6.59. The molecule has 0 heterocycles. The first-order chi connectivity index (χ1) is 12.4. The number of nitrogens with one attached hydrogen (secondary N) is 1. The van der Waals surface area contributed by atoms with E-state index in [1.807, 2.05) is 0 Å². The zero-order chi connectivity index (χ0) is 19.1. The van der Waals surface area contributed by atoms with Gasteiger partial charge < -0.3 is 14.2 Å². The number of rotatable bonds is 7.